The van der Waals surface area contributed by atoms with Crippen molar-refractivity contribution in [3.63, 3.8) is 0 Å². The highest BCUT2D eigenvalue weighted by Crippen LogP contribution is 2.32. The molecule has 3 heterocycles. The second-order valence-corrected chi connectivity index (χ2v) is 7.22. The molecule has 7 nitrogen and oxygen atoms in total. The second kappa shape index (κ2) is 8.82. The first-order valence-electron chi connectivity index (χ1n) is 8.99. The Hall–Kier alpha value is -1.38. The molecule has 1 aliphatic heterocycles. The molecule has 1 aliphatic rings. The van der Waals surface area contributed by atoms with Gasteiger partial charge in [0.15, 0.2) is 11.9 Å². The molecule has 1 N–H and O–H groups in total. The predicted molar refractivity (Wildman–Crippen MR) is 101 cm³/mol. The fourth-order valence-corrected chi connectivity index (χ4v) is 4.18. The van der Waals surface area contributed by atoms with Crippen LogP contribution in [-0.2, 0) is 9.47 Å². The summed E-state index contributed by atoms with van der Waals surface area (Å²) in [5.74, 6) is 3.95. The van der Waals surface area contributed by atoms with Crippen LogP contribution in [0.3, 0.4) is 0 Å². The topological polar surface area (TPSA) is 74.1 Å². The van der Waals surface area contributed by atoms with Gasteiger partial charge in [0.2, 0.25) is 5.95 Å². The Morgan fingerprint density at radius 3 is 2.64 bits per heavy atom. The maximum atomic E-state index is 5.63. The van der Waals surface area contributed by atoms with Crippen molar-refractivity contribution in [1.29, 1.82) is 0 Å². The minimum Gasteiger partial charge on any atom is -0.351 e. The molecule has 0 aromatic carbocycles. The van der Waals surface area contributed by atoms with Crippen LogP contribution in [-0.4, -0.2) is 57.1 Å². The first-order chi connectivity index (χ1) is 12.2. The van der Waals surface area contributed by atoms with Gasteiger partial charge in [0.05, 0.1) is 12.7 Å². The molecule has 3 rings (SSSR count). The fourth-order valence-electron chi connectivity index (χ4n) is 3.10. The highest BCUT2D eigenvalue weighted by molar-refractivity contribution is 7.99. The van der Waals surface area contributed by atoms with Gasteiger partial charge in [0.25, 0.3) is 0 Å². The lowest BCUT2D eigenvalue weighted by Gasteiger charge is -2.25. The zero-order valence-electron chi connectivity index (χ0n) is 15.2. The molecule has 0 atom stereocenters. The van der Waals surface area contributed by atoms with E-state index >= 15 is 0 Å². The van der Waals surface area contributed by atoms with Crippen molar-refractivity contribution in [2.45, 2.75) is 45.9 Å². The molecule has 0 saturated carbocycles. The Balaban J connectivity index is 1.87. The number of fused-ring (bicyclic) bond motifs is 1. The Kier molecular flexibility index (Phi) is 6.50. The minimum atomic E-state index is -0.280. The molecule has 0 radical (unpaired) electrons. The normalized spacial score (nSPS) is 16.0. The average Bonchev–Trinajstić information content (AvgIpc) is 2.98. The molecule has 8 heteroatoms. The molecule has 2 aromatic rings. The van der Waals surface area contributed by atoms with Crippen LogP contribution in [0.25, 0.3) is 11.2 Å². The van der Waals surface area contributed by atoms with Gasteiger partial charge in [-0.1, -0.05) is 0 Å². The third kappa shape index (κ3) is 4.43. The molecule has 2 aromatic heterocycles. The van der Waals surface area contributed by atoms with Crippen molar-refractivity contribution in [3.8, 4) is 0 Å². The Morgan fingerprint density at radius 2 is 1.96 bits per heavy atom. The number of thioether (sulfide) groups is 1. The molecule has 1 fully saturated rings. The summed E-state index contributed by atoms with van der Waals surface area (Å²) >= 11 is 2.01. The molecule has 25 heavy (non-hydrogen) atoms. The van der Waals surface area contributed by atoms with Crippen molar-refractivity contribution in [2.24, 2.45) is 0 Å². The van der Waals surface area contributed by atoms with Crippen LogP contribution in [0.1, 0.15) is 38.6 Å². The molecular formula is C17H27N5O2S. The standard InChI is InChI=1S/C17H27N5O2S/c1-4-23-15(24-5-2)11-19-17-21-14-10-18-12(3)20-16(14)22(17)13-6-8-25-9-7-13/h10,13,15H,4-9,11H2,1-3H3,(H,19,21). The summed E-state index contributed by atoms with van der Waals surface area (Å²) in [5, 5.41) is 3.42. The van der Waals surface area contributed by atoms with Crippen molar-refractivity contribution in [1.82, 2.24) is 19.5 Å². The Labute approximate surface area is 152 Å². The van der Waals surface area contributed by atoms with Gasteiger partial charge in [-0.2, -0.15) is 11.8 Å². The van der Waals surface area contributed by atoms with Gasteiger partial charge >= 0.3 is 0 Å². The van der Waals surface area contributed by atoms with Crippen molar-refractivity contribution in [3.05, 3.63) is 12.0 Å². The van der Waals surface area contributed by atoms with Crippen LogP contribution >= 0.6 is 11.8 Å². The van der Waals surface area contributed by atoms with E-state index in [1.165, 1.54) is 11.5 Å². The number of nitrogens with zero attached hydrogens (tertiary/aromatic N) is 4. The van der Waals surface area contributed by atoms with E-state index in [4.69, 9.17) is 14.5 Å². The van der Waals surface area contributed by atoms with Gasteiger partial charge in [-0.25, -0.2) is 15.0 Å². The smallest absolute Gasteiger partial charge is 0.205 e. The van der Waals surface area contributed by atoms with Crippen molar-refractivity contribution < 1.29 is 9.47 Å². The lowest BCUT2D eigenvalue weighted by atomic mass is 10.1. The SMILES string of the molecule is CCOC(CNc1nc2cnc(C)nc2n1C1CCSCC1)OCC. The number of aryl methyl sites for hydroxylation is 1. The van der Waals surface area contributed by atoms with Gasteiger partial charge in [-0.3, -0.25) is 4.57 Å². The van der Waals surface area contributed by atoms with Crippen molar-refractivity contribution >= 4 is 28.9 Å². The van der Waals surface area contributed by atoms with E-state index in [0.29, 0.717) is 25.8 Å². The maximum Gasteiger partial charge on any atom is 0.205 e. The maximum absolute atomic E-state index is 5.63. The van der Waals surface area contributed by atoms with E-state index in [1.54, 1.807) is 6.20 Å². The van der Waals surface area contributed by atoms with Gasteiger partial charge in [-0.15, -0.1) is 0 Å². The highest BCUT2D eigenvalue weighted by atomic mass is 32.2. The number of anilines is 1. The van der Waals surface area contributed by atoms with E-state index in [-0.39, 0.29) is 6.29 Å². The number of nitrogens with one attached hydrogen (secondary N) is 1. The predicted octanol–water partition coefficient (Wildman–Crippen LogP) is 3.01. The molecule has 138 valence electrons. The van der Waals surface area contributed by atoms with Crippen LogP contribution in [0.4, 0.5) is 5.95 Å². The van der Waals surface area contributed by atoms with Crippen LogP contribution in [0.5, 0.6) is 0 Å². The Bertz CT molecular complexity index is 681. The molecule has 0 unspecified atom stereocenters. The van der Waals surface area contributed by atoms with Crippen LogP contribution in [0, 0.1) is 6.92 Å². The monoisotopic (exact) mass is 365 g/mol. The quantitative estimate of drug-likeness (QED) is 0.721. The molecule has 0 bridgehead atoms. The second-order valence-electron chi connectivity index (χ2n) is 6.00. The summed E-state index contributed by atoms with van der Waals surface area (Å²) in [6.07, 6.45) is 3.79. The first kappa shape index (κ1) is 18.4. The summed E-state index contributed by atoms with van der Waals surface area (Å²) in [5.41, 5.74) is 1.74. The molecule has 0 amide bonds. The number of hydrogen-bond donors (Lipinski definition) is 1. The van der Waals surface area contributed by atoms with E-state index in [1.807, 2.05) is 32.5 Å². The van der Waals surface area contributed by atoms with Crippen LogP contribution < -0.4 is 5.32 Å². The third-order valence-corrected chi connectivity index (χ3v) is 5.29. The van der Waals surface area contributed by atoms with Gasteiger partial charge in [-0.05, 0) is 45.1 Å². The number of aromatic nitrogens is 4. The minimum absolute atomic E-state index is 0.280. The van der Waals surface area contributed by atoms with Gasteiger partial charge in [0.1, 0.15) is 11.3 Å². The highest BCUT2D eigenvalue weighted by Gasteiger charge is 2.23. The van der Waals surface area contributed by atoms with E-state index in [2.05, 4.69) is 19.9 Å². The van der Waals surface area contributed by atoms with E-state index in [0.717, 1.165) is 35.8 Å². The summed E-state index contributed by atoms with van der Waals surface area (Å²) in [6, 6.07) is 0.417. The number of ether oxygens (including phenoxy) is 2. The summed E-state index contributed by atoms with van der Waals surface area (Å²) in [7, 11) is 0. The van der Waals surface area contributed by atoms with E-state index in [9.17, 15) is 0 Å². The van der Waals surface area contributed by atoms with Crippen LogP contribution in [0.15, 0.2) is 6.20 Å². The number of hydrogen-bond acceptors (Lipinski definition) is 7. The van der Waals surface area contributed by atoms with Crippen LogP contribution in [0.2, 0.25) is 0 Å². The summed E-state index contributed by atoms with van der Waals surface area (Å²) in [4.78, 5) is 13.7. The zero-order valence-corrected chi connectivity index (χ0v) is 16.0. The van der Waals surface area contributed by atoms with Gasteiger partial charge < -0.3 is 14.8 Å². The lowest BCUT2D eigenvalue weighted by molar-refractivity contribution is -0.126. The molecule has 1 saturated heterocycles. The zero-order chi connectivity index (χ0) is 17.6. The first-order valence-corrected chi connectivity index (χ1v) is 10.1. The van der Waals surface area contributed by atoms with E-state index < -0.39 is 0 Å². The Morgan fingerprint density at radius 1 is 1.24 bits per heavy atom. The molecule has 0 spiro atoms. The summed E-state index contributed by atoms with van der Waals surface area (Å²) in [6.45, 7) is 7.65. The fraction of sp³-hybridized carbons (Fsp3) is 0.706. The number of rotatable bonds is 8. The molecular weight excluding hydrogens is 338 g/mol. The molecule has 0 aliphatic carbocycles. The lowest BCUT2D eigenvalue weighted by Crippen LogP contribution is -2.28. The van der Waals surface area contributed by atoms with Gasteiger partial charge in [0, 0.05) is 19.3 Å². The average molecular weight is 366 g/mol. The third-order valence-electron chi connectivity index (χ3n) is 4.24. The summed E-state index contributed by atoms with van der Waals surface area (Å²) < 4.78 is 13.5. The largest absolute Gasteiger partial charge is 0.351 e. The number of imidazole rings is 1. The van der Waals surface area contributed by atoms with Crippen molar-refractivity contribution in [2.75, 3.05) is 36.6 Å².